The van der Waals surface area contributed by atoms with Crippen molar-refractivity contribution < 1.29 is 9.53 Å². The summed E-state index contributed by atoms with van der Waals surface area (Å²) in [6.45, 7) is 4.20. The monoisotopic (exact) mass is 500 g/mol. The molecule has 0 radical (unpaired) electrons. The molecule has 7 heteroatoms. The van der Waals surface area contributed by atoms with E-state index in [4.69, 9.17) is 9.72 Å². The van der Waals surface area contributed by atoms with Gasteiger partial charge in [0.05, 0.1) is 5.56 Å². The van der Waals surface area contributed by atoms with E-state index in [0.29, 0.717) is 35.8 Å². The number of ether oxygens (including phenoxy) is 1. The predicted molar refractivity (Wildman–Crippen MR) is 128 cm³/mol. The normalized spacial score (nSPS) is 19.2. The van der Waals surface area contributed by atoms with Crippen molar-refractivity contribution in [3.8, 4) is 17.3 Å². The molecule has 0 amide bonds. The van der Waals surface area contributed by atoms with Crippen LogP contribution < -0.4 is 4.74 Å². The highest BCUT2D eigenvalue weighted by molar-refractivity contribution is 9.10. The lowest BCUT2D eigenvalue weighted by Crippen LogP contribution is -2.33. The third-order valence-corrected chi connectivity index (χ3v) is 7.00. The molecule has 2 aromatic carbocycles. The molecule has 0 saturated carbocycles. The van der Waals surface area contributed by atoms with E-state index in [1.807, 2.05) is 54.6 Å². The van der Waals surface area contributed by atoms with Gasteiger partial charge in [-0.15, -0.1) is 5.10 Å². The van der Waals surface area contributed by atoms with Crippen molar-refractivity contribution in [2.75, 3.05) is 0 Å². The van der Waals surface area contributed by atoms with Gasteiger partial charge in [0, 0.05) is 34.4 Å². The summed E-state index contributed by atoms with van der Waals surface area (Å²) in [6, 6.07) is 17.9. The summed E-state index contributed by atoms with van der Waals surface area (Å²) in [5.41, 5.74) is 3.89. The number of benzene rings is 2. The molecule has 164 valence electrons. The second-order valence-electron chi connectivity index (χ2n) is 9.37. The standard InChI is InChI=1S/C26H21BrN4O2/c1-26(2)12-18(32)21-19(13-26)33-25-22(20(21)15-8-4-3-5-9-15)24-29-23(30-31(24)14-28-25)16-10-6-7-11-17(16)27/h3-11,14,20H,12-13H2,1-2H3/t20-/m1/s1. The zero-order valence-electron chi connectivity index (χ0n) is 18.2. The van der Waals surface area contributed by atoms with Crippen molar-refractivity contribution >= 4 is 27.4 Å². The Hall–Kier alpha value is -3.32. The van der Waals surface area contributed by atoms with E-state index in [0.717, 1.165) is 26.9 Å². The third kappa shape index (κ3) is 3.30. The lowest BCUT2D eigenvalue weighted by molar-refractivity contribution is -0.118. The van der Waals surface area contributed by atoms with Crippen LogP contribution in [0.25, 0.3) is 17.0 Å². The highest BCUT2D eigenvalue weighted by Gasteiger charge is 2.43. The maximum absolute atomic E-state index is 13.4. The summed E-state index contributed by atoms with van der Waals surface area (Å²) in [6.07, 6.45) is 2.81. The smallest absolute Gasteiger partial charge is 0.228 e. The molecule has 2 aliphatic rings. The van der Waals surface area contributed by atoms with Crippen LogP contribution in [0.3, 0.4) is 0 Å². The van der Waals surface area contributed by atoms with E-state index in [9.17, 15) is 4.79 Å². The summed E-state index contributed by atoms with van der Waals surface area (Å²) in [5.74, 6) is 1.61. The molecule has 6 rings (SSSR count). The number of aromatic nitrogens is 4. The molecule has 6 nitrogen and oxygen atoms in total. The Morgan fingerprint density at radius 2 is 1.82 bits per heavy atom. The van der Waals surface area contributed by atoms with Gasteiger partial charge in [-0.3, -0.25) is 4.79 Å². The van der Waals surface area contributed by atoms with Crippen LogP contribution in [0.1, 0.15) is 43.7 Å². The average molecular weight is 501 g/mol. The van der Waals surface area contributed by atoms with E-state index in [2.05, 4.69) is 39.9 Å². The maximum atomic E-state index is 13.4. The van der Waals surface area contributed by atoms with Crippen molar-refractivity contribution in [1.82, 2.24) is 19.6 Å². The van der Waals surface area contributed by atoms with Gasteiger partial charge in [-0.25, -0.2) is 14.5 Å². The Kier molecular flexibility index (Phi) is 4.52. The van der Waals surface area contributed by atoms with Gasteiger partial charge in [-0.05, 0) is 23.1 Å². The second-order valence-corrected chi connectivity index (χ2v) is 10.2. The molecule has 0 spiro atoms. The molecule has 2 aromatic heterocycles. The van der Waals surface area contributed by atoms with Crippen LogP contribution in [-0.2, 0) is 4.79 Å². The number of carbonyl (C=O) groups is 1. The van der Waals surface area contributed by atoms with E-state index < -0.39 is 0 Å². The first-order valence-corrected chi connectivity index (χ1v) is 11.7. The van der Waals surface area contributed by atoms with Crippen LogP contribution in [0.2, 0.25) is 0 Å². The molecule has 1 aliphatic carbocycles. The number of allylic oxidation sites excluding steroid dienone is 2. The molecule has 0 unspecified atom stereocenters. The SMILES string of the molecule is CC1(C)CC(=O)C2=C(C1)Oc1ncn3nc(-c4ccccc4Br)nc3c1[C@@H]2c1ccccc1. The number of fused-ring (bicyclic) bond motifs is 3. The van der Waals surface area contributed by atoms with Crippen LogP contribution in [0.4, 0.5) is 0 Å². The number of carbonyl (C=O) groups excluding carboxylic acids is 1. The minimum Gasteiger partial charge on any atom is -0.442 e. The minimum absolute atomic E-state index is 0.119. The highest BCUT2D eigenvalue weighted by Crippen LogP contribution is 2.50. The Labute approximate surface area is 199 Å². The maximum Gasteiger partial charge on any atom is 0.228 e. The number of rotatable bonds is 2. The lowest BCUT2D eigenvalue weighted by Gasteiger charge is -2.37. The fraction of sp³-hybridized carbons (Fsp3) is 0.231. The first-order valence-electron chi connectivity index (χ1n) is 10.9. The summed E-state index contributed by atoms with van der Waals surface area (Å²) in [7, 11) is 0. The molecule has 0 saturated heterocycles. The van der Waals surface area contributed by atoms with Crippen molar-refractivity contribution in [3.63, 3.8) is 0 Å². The Morgan fingerprint density at radius 3 is 2.61 bits per heavy atom. The van der Waals surface area contributed by atoms with Crippen LogP contribution >= 0.6 is 15.9 Å². The number of hydrogen-bond acceptors (Lipinski definition) is 5. The molecule has 33 heavy (non-hydrogen) atoms. The second kappa shape index (κ2) is 7.35. The quantitative estimate of drug-likeness (QED) is 0.352. The van der Waals surface area contributed by atoms with Crippen LogP contribution in [0.5, 0.6) is 5.88 Å². The molecular weight excluding hydrogens is 480 g/mol. The van der Waals surface area contributed by atoms with Gasteiger partial charge in [-0.2, -0.15) is 0 Å². The van der Waals surface area contributed by atoms with Crippen molar-refractivity contribution in [2.24, 2.45) is 5.41 Å². The lowest BCUT2D eigenvalue weighted by atomic mass is 9.70. The molecule has 3 heterocycles. The summed E-state index contributed by atoms with van der Waals surface area (Å²) in [4.78, 5) is 22.9. The third-order valence-electron chi connectivity index (χ3n) is 6.31. The van der Waals surface area contributed by atoms with Crippen molar-refractivity contribution in [2.45, 2.75) is 32.6 Å². The summed E-state index contributed by atoms with van der Waals surface area (Å²) < 4.78 is 8.88. The van der Waals surface area contributed by atoms with Crippen LogP contribution in [0.15, 0.2) is 76.7 Å². The Balaban J connectivity index is 1.61. The number of Topliss-reactive ketones (excluding diaryl/α,β-unsaturated/α-hetero) is 1. The summed E-state index contributed by atoms with van der Waals surface area (Å²) in [5, 5.41) is 4.68. The molecule has 1 atom stereocenters. The van der Waals surface area contributed by atoms with Gasteiger partial charge in [0.1, 0.15) is 12.1 Å². The van der Waals surface area contributed by atoms with E-state index >= 15 is 0 Å². The molecular formula is C26H21BrN4O2. The fourth-order valence-electron chi connectivity index (χ4n) is 4.88. The fourth-order valence-corrected chi connectivity index (χ4v) is 5.34. The van der Waals surface area contributed by atoms with Gasteiger partial charge in [0.2, 0.25) is 5.88 Å². The topological polar surface area (TPSA) is 69.4 Å². The van der Waals surface area contributed by atoms with Crippen molar-refractivity contribution in [3.05, 3.63) is 87.9 Å². The number of hydrogen-bond donors (Lipinski definition) is 0. The Morgan fingerprint density at radius 1 is 1.06 bits per heavy atom. The van der Waals surface area contributed by atoms with Gasteiger partial charge < -0.3 is 4.74 Å². The average Bonchev–Trinajstić information content (AvgIpc) is 3.22. The first kappa shape index (κ1) is 20.3. The number of halogens is 1. The van der Waals surface area contributed by atoms with Gasteiger partial charge in [-0.1, -0.05) is 72.2 Å². The van der Waals surface area contributed by atoms with E-state index in [1.54, 1.807) is 10.8 Å². The largest absolute Gasteiger partial charge is 0.442 e. The van der Waals surface area contributed by atoms with E-state index in [-0.39, 0.29) is 17.1 Å². The summed E-state index contributed by atoms with van der Waals surface area (Å²) >= 11 is 3.60. The van der Waals surface area contributed by atoms with Gasteiger partial charge >= 0.3 is 0 Å². The van der Waals surface area contributed by atoms with Gasteiger partial charge in [0.25, 0.3) is 0 Å². The minimum atomic E-state index is -0.305. The zero-order valence-corrected chi connectivity index (χ0v) is 19.8. The Bertz CT molecular complexity index is 1460. The van der Waals surface area contributed by atoms with Crippen LogP contribution in [-0.4, -0.2) is 25.4 Å². The number of ketones is 1. The first-order chi connectivity index (χ1) is 15.9. The molecule has 0 fully saturated rings. The molecule has 1 aliphatic heterocycles. The zero-order chi connectivity index (χ0) is 22.7. The van der Waals surface area contributed by atoms with Crippen molar-refractivity contribution in [1.29, 1.82) is 0 Å². The van der Waals surface area contributed by atoms with E-state index in [1.165, 1.54) is 0 Å². The number of nitrogens with zero attached hydrogens (tertiary/aromatic N) is 4. The molecule has 0 bridgehead atoms. The molecule has 4 aromatic rings. The van der Waals surface area contributed by atoms with Crippen LogP contribution in [0, 0.1) is 5.41 Å². The predicted octanol–water partition coefficient (Wildman–Crippen LogP) is 5.72. The van der Waals surface area contributed by atoms with Gasteiger partial charge in [0.15, 0.2) is 17.3 Å². The highest BCUT2D eigenvalue weighted by atomic mass is 79.9. The molecule has 0 N–H and O–H groups in total.